The van der Waals surface area contributed by atoms with Crippen LogP contribution in [0.25, 0.3) is 0 Å². The Kier molecular flexibility index (Phi) is 21.4. The molecule has 8 nitrogen and oxygen atoms in total. The highest BCUT2D eigenvalue weighted by Gasteiger charge is 2.40. The number of aliphatic carboxylic acids is 1. The van der Waals surface area contributed by atoms with Gasteiger partial charge in [0.25, 0.3) is 5.97 Å². The average molecular weight is 457 g/mol. The number of hydrazine groups is 2. The van der Waals surface area contributed by atoms with Crippen LogP contribution in [-0.2, 0) is 14.3 Å². The minimum absolute atomic E-state index is 0.684. The van der Waals surface area contributed by atoms with E-state index in [-0.39, 0.29) is 0 Å². The van der Waals surface area contributed by atoms with Gasteiger partial charge in [-0.25, -0.2) is 9.80 Å². The lowest BCUT2D eigenvalue weighted by atomic mass is 10.1. The standard InChI is InChI=1S/C22H44N4O2.C2H4O2/c1-5-9-11-13-15-17-19-25(20-18-16-14-12-10-6-2)26(24)22(23,7-3)21(27)28-8-4;1-2(3)4/h7-8H,3-6,9-20,23-24H2,1-2H3;1H3,(H,3,4). The van der Waals surface area contributed by atoms with Crippen molar-refractivity contribution in [3.05, 3.63) is 25.5 Å². The van der Waals surface area contributed by atoms with E-state index in [9.17, 15) is 4.79 Å². The zero-order valence-electron chi connectivity index (χ0n) is 20.7. The van der Waals surface area contributed by atoms with Crippen LogP contribution in [-0.4, -0.2) is 45.9 Å². The summed E-state index contributed by atoms with van der Waals surface area (Å²) in [6.07, 6.45) is 16.7. The molecule has 0 heterocycles. The Hall–Kier alpha value is -1.74. The van der Waals surface area contributed by atoms with Crippen LogP contribution >= 0.6 is 0 Å². The number of nitrogens with zero attached hydrogens (tertiary/aromatic N) is 2. The summed E-state index contributed by atoms with van der Waals surface area (Å²) in [7, 11) is 0. The summed E-state index contributed by atoms with van der Waals surface area (Å²) >= 11 is 0. The number of nitrogens with two attached hydrogens (primary N) is 2. The quantitative estimate of drug-likeness (QED) is 0.0485. The number of ether oxygens (including phenoxy) is 1. The van der Waals surface area contributed by atoms with E-state index < -0.39 is 17.6 Å². The Bertz CT molecular complexity index is 496. The first-order valence-electron chi connectivity index (χ1n) is 11.9. The van der Waals surface area contributed by atoms with Crippen molar-refractivity contribution in [1.82, 2.24) is 10.1 Å². The lowest BCUT2D eigenvalue weighted by Crippen LogP contribution is -2.69. The number of hydrogen-bond donors (Lipinski definition) is 3. The number of unbranched alkanes of at least 4 members (excludes halogenated alkanes) is 10. The van der Waals surface area contributed by atoms with Gasteiger partial charge in [-0.05, 0) is 18.9 Å². The molecule has 0 spiro atoms. The van der Waals surface area contributed by atoms with E-state index in [1.54, 1.807) is 0 Å². The van der Waals surface area contributed by atoms with E-state index >= 15 is 0 Å². The van der Waals surface area contributed by atoms with E-state index in [4.69, 9.17) is 26.2 Å². The summed E-state index contributed by atoms with van der Waals surface area (Å²) in [6, 6.07) is 0. The average Bonchev–Trinajstić information content (AvgIpc) is 2.75. The molecule has 8 heteroatoms. The largest absolute Gasteiger partial charge is 0.481 e. The van der Waals surface area contributed by atoms with Crippen LogP contribution in [0, 0.1) is 0 Å². The molecule has 0 aliphatic rings. The second-order valence-corrected chi connectivity index (χ2v) is 7.95. The fraction of sp³-hybridized carbons (Fsp3) is 0.750. The zero-order chi connectivity index (χ0) is 24.8. The summed E-state index contributed by atoms with van der Waals surface area (Å²) in [5.74, 6) is 4.77. The SMILES string of the molecule is C=COC(=O)C(N)(C=C)N(N)N(CCCCCCCC)CCCCCCCC.CC(=O)O. The van der Waals surface area contributed by atoms with E-state index in [1.807, 2.05) is 5.01 Å². The molecule has 0 saturated carbocycles. The number of esters is 1. The predicted molar refractivity (Wildman–Crippen MR) is 131 cm³/mol. The van der Waals surface area contributed by atoms with Gasteiger partial charge in [0, 0.05) is 20.0 Å². The molecular weight excluding hydrogens is 408 g/mol. The maximum Gasteiger partial charge on any atom is 0.353 e. The molecule has 0 bridgehead atoms. The molecule has 188 valence electrons. The lowest BCUT2D eigenvalue weighted by Gasteiger charge is -2.40. The Morgan fingerprint density at radius 1 is 0.906 bits per heavy atom. The highest BCUT2D eigenvalue weighted by Crippen LogP contribution is 2.16. The smallest absolute Gasteiger partial charge is 0.353 e. The molecule has 0 amide bonds. The van der Waals surface area contributed by atoms with Crippen LogP contribution < -0.4 is 11.6 Å². The van der Waals surface area contributed by atoms with Crippen molar-refractivity contribution in [3.63, 3.8) is 0 Å². The fourth-order valence-electron chi connectivity index (χ4n) is 3.15. The molecular formula is C24H48N4O4. The Morgan fingerprint density at radius 3 is 1.62 bits per heavy atom. The minimum Gasteiger partial charge on any atom is -0.481 e. The zero-order valence-corrected chi connectivity index (χ0v) is 20.7. The van der Waals surface area contributed by atoms with Gasteiger partial charge in [0.15, 0.2) is 0 Å². The summed E-state index contributed by atoms with van der Waals surface area (Å²) < 4.78 is 4.89. The highest BCUT2D eigenvalue weighted by atomic mass is 16.5. The second-order valence-electron chi connectivity index (χ2n) is 7.95. The first kappa shape index (κ1) is 32.4. The fourth-order valence-corrected chi connectivity index (χ4v) is 3.15. The van der Waals surface area contributed by atoms with Crippen molar-refractivity contribution in [3.8, 4) is 0 Å². The molecule has 0 aromatic rings. The van der Waals surface area contributed by atoms with E-state index in [1.165, 1.54) is 62.6 Å². The predicted octanol–water partition coefficient (Wildman–Crippen LogP) is 4.72. The van der Waals surface area contributed by atoms with Crippen molar-refractivity contribution in [2.24, 2.45) is 11.6 Å². The third-order valence-electron chi connectivity index (χ3n) is 5.05. The van der Waals surface area contributed by atoms with Crippen molar-refractivity contribution < 1.29 is 19.4 Å². The summed E-state index contributed by atoms with van der Waals surface area (Å²) in [5, 5.41) is 10.7. The van der Waals surface area contributed by atoms with Gasteiger partial charge in [-0.2, -0.15) is 0 Å². The number of rotatable bonds is 19. The Morgan fingerprint density at radius 2 is 1.28 bits per heavy atom. The molecule has 1 unspecified atom stereocenters. The number of carbonyl (C=O) groups excluding carboxylic acids is 1. The molecule has 0 aromatic heterocycles. The molecule has 1 atom stereocenters. The lowest BCUT2D eigenvalue weighted by molar-refractivity contribution is -0.166. The number of carboxylic acid groups (broad SMARTS) is 1. The third-order valence-corrected chi connectivity index (χ3v) is 5.05. The summed E-state index contributed by atoms with van der Waals surface area (Å²) in [5.41, 5.74) is 4.62. The maximum absolute atomic E-state index is 12.3. The van der Waals surface area contributed by atoms with Gasteiger partial charge in [0.05, 0.1) is 6.26 Å². The summed E-state index contributed by atoms with van der Waals surface area (Å²) in [4.78, 5) is 21.3. The number of carboxylic acids is 1. The molecule has 5 N–H and O–H groups in total. The molecule has 0 fully saturated rings. The van der Waals surface area contributed by atoms with Crippen molar-refractivity contribution >= 4 is 11.9 Å². The van der Waals surface area contributed by atoms with Gasteiger partial charge in [-0.1, -0.05) is 91.2 Å². The Labute approximate surface area is 195 Å². The molecule has 0 rings (SSSR count). The van der Waals surface area contributed by atoms with Crippen molar-refractivity contribution in [2.45, 2.75) is 103 Å². The van der Waals surface area contributed by atoms with Crippen LogP contribution in [0.2, 0.25) is 0 Å². The van der Waals surface area contributed by atoms with Gasteiger partial charge in [0.2, 0.25) is 5.66 Å². The van der Waals surface area contributed by atoms with Gasteiger partial charge < -0.3 is 9.84 Å². The van der Waals surface area contributed by atoms with Gasteiger partial charge >= 0.3 is 5.97 Å². The van der Waals surface area contributed by atoms with Gasteiger partial charge in [-0.3, -0.25) is 16.4 Å². The number of carbonyl (C=O) groups is 2. The normalized spacial score (nSPS) is 12.6. The molecule has 32 heavy (non-hydrogen) atoms. The van der Waals surface area contributed by atoms with Crippen molar-refractivity contribution in [2.75, 3.05) is 13.1 Å². The topological polar surface area (TPSA) is 122 Å². The minimum atomic E-state index is -1.61. The van der Waals surface area contributed by atoms with Crippen molar-refractivity contribution in [1.29, 1.82) is 0 Å². The molecule has 0 aliphatic carbocycles. The van der Waals surface area contributed by atoms with Crippen LogP contribution in [0.5, 0.6) is 0 Å². The molecule has 0 aromatic carbocycles. The second kappa shape index (κ2) is 21.1. The third kappa shape index (κ3) is 16.0. The van der Waals surface area contributed by atoms with E-state index in [0.717, 1.165) is 52.0 Å². The van der Waals surface area contributed by atoms with Gasteiger partial charge in [-0.15, -0.1) is 5.12 Å². The van der Waals surface area contributed by atoms with Crippen LogP contribution in [0.4, 0.5) is 0 Å². The maximum atomic E-state index is 12.3. The van der Waals surface area contributed by atoms with E-state index in [0.29, 0.717) is 0 Å². The van der Waals surface area contributed by atoms with Crippen LogP contribution in [0.15, 0.2) is 25.5 Å². The van der Waals surface area contributed by atoms with Crippen LogP contribution in [0.1, 0.15) is 97.8 Å². The molecule has 0 aliphatic heterocycles. The van der Waals surface area contributed by atoms with Gasteiger partial charge in [0.1, 0.15) is 0 Å². The molecule has 0 saturated heterocycles. The monoisotopic (exact) mass is 456 g/mol. The summed E-state index contributed by atoms with van der Waals surface area (Å²) in [6.45, 7) is 14.1. The van der Waals surface area contributed by atoms with Crippen LogP contribution in [0.3, 0.4) is 0 Å². The highest BCUT2D eigenvalue weighted by molar-refractivity contribution is 5.82. The first-order chi connectivity index (χ1) is 15.2. The Balaban J connectivity index is 0. The first-order valence-corrected chi connectivity index (χ1v) is 11.9. The van der Waals surface area contributed by atoms with E-state index in [2.05, 4.69) is 27.0 Å². The molecule has 0 radical (unpaired) electrons. The number of hydrogen-bond acceptors (Lipinski definition) is 7.